The Morgan fingerprint density at radius 1 is 1.20 bits per heavy atom. The summed E-state index contributed by atoms with van der Waals surface area (Å²) in [6.07, 6.45) is 7.26. The molecule has 1 saturated heterocycles. The Morgan fingerprint density at radius 2 is 1.90 bits per heavy atom. The number of nitrogens with two attached hydrogens (primary N) is 1. The third-order valence-corrected chi connectivity index (χ3v) is 5.45. The van der Waals surface area contributed by atoms with Crippen molar-refractivity contribution in [2.75, 3.05) is 13.1 Å². The summed E-state index contributed by atoms with van der Waals surface area (Å²) in [6, 6.07) is 1.10. The first-order valence-electron chi connectivity index (χ1n) is 8.33. The van der Waals surface area contributed by atoms with Crippen molar-refractivity contribution >= 4 is 5.91 Å². The first-order valence-corrected chi connectivity index (χ1v) is 8.33. The maximum Gasteiger partial charge on any atom is 0.239 e. The predicted molar refractivity (Wildman–Crippen MR) is 80.2 cm³/mol. The topological polar surface area (TPSA) is 58.4 Å². The molecule has 3 N–H and O–H groups in total. The van der Waals surface area contributed by atoms with E-state index in [2.05, 4.69) is 24.1 Å². The summed E-state index contributed by atoms with van der Waals surface area (Å²) in [7, 11) is 0. The second kappa shape index (κ2) is 5.30. The second-order valence-corrected chi connectivity index (χ2v) is 7.49. The van der Waals surface area contributed by atoms with Crippen LogP contribution in [0, 0.1) is 11.8 Å². The number of piperidine rings is 1. The molecule has 4 nitrogen and oxygen atoms in total. The lowest BCUT2D eigenvalue weighted by atomic mass is 9.87. The standard InChI is InChI=1S/C16H29N3O/c1-11-3-4-12(2)19(9-11)10-16(15(17)20,13-5-6-13)18-14-7-8-14/h11-14,18H,3-10H2,1-2H3,(H2,17,20). The molecular weight excluding hydrogens is 250 g/mol. The fourth-order valence-corrected chi connectivity index (χ4v) is 3.73. The van der Waals surface area contributed by atoms with Gasteiger partial charge >= 0.3 is 0 Å². The lowest BCUT2D eigenvalue weighted by Crippen LogP contribution is -2.65. The van der Waals surface area contributed by atoms with Gasteiger partial charge in [-0.15, -0.1) is 0 Å². The number of rotatable bonds is 6. The zero-order valence-corrected chi connectivity index (χ0v) is 12.9. The van der Waals surface area contributed by atoms with Crippen molar-refractivity contribution in [3.05, 3.63) is 0 Å². The fraction of sp³-hybridized carbons (Fsp3) is 0.938. The number of carbonyl (C=O) groups is 1. The molecule has 3 aliphatic rings. The molecule has 1 amide bonds. The largest absolute Gasteiger partial charge is 0.368 e. The Kier molecular flexibility index (Phi) is 3.80. The van der Waals surface area contributed by atoms with Crippen molar-refractivity contribution in [3.8, 4) is 0 Å². The van der Waals surface area contributed by atoms with Gasteiger partial charge in [-0.05, 0) is 57.3 Å². The Labute approximate surface area is 122 Å². The van der Waals surface area contributed by atoms with Crippen molar-refractivity contribution in [1.29, 1.82) is 0 Å². The van der Waals surface area contributed by atoms with Gasteiger partial charge in [0, 0.05) is 25.2 Å². The molecule has 1 aliphatic heterocycles. The number of hydrogen-bond donors (Lipinski definition) is 2. The summed E-state index contributed by atoms with van der Waals surface area (Å²) >= 11 is 0. The van der Waals surface area contributed by atoms with Crippen LogP contribution in [0.1, 0.15) is 52.4 Å². The molecule has 20 heavy (non-hydrogen) atoms. The molecule has 0 radical (unpaired) electrons. The zero-order chi connectivity index (χ0) is 14.3. The van der Waals surface area contributed by atoms with E-state index in [1.165, 1.54) is 25.7 Å². The van der Waals surface area contributed by atoms with Gasteiger partial charge in [0.05, 0.1) is 0 Å². The van der Waals surface area contributed by atoms with Crippen molar-refractivity contribution in [1.82, 2.24) is 10.2 Å². The number of primary amides is 1. The van der Waals surface area contributed by atoms with E-state index in [0.29, 0.717) is 18.0 Å². The normalized spacial score (nSPS) is 34.7. The quantitative estimate of drug-likeness (QED) is 0.774. The molecule has 2 saturated carbocycles. The highest BCUT2D eigenvalue weighted by Gasteiger charge is 2.53. The van der Waals surface area contributed by atoms with Crippen LogP contribution in [-0.2, 0) is 4.79 Å². The van der Waals surface area contributed by atoms with Gasteiger partial charge in [0.2, 0.25) is 5.91 Å². The van der Waals surface area contributed by atoms with E-state index in [0.717, 1.165) is 31.8 Å². The highest BCUT2D eigenvalue weighted by molar-refractivity contribution is 5.86. The molecule has 0 bridgehead atoms. The van der Waals surface area contributed by atoms with Gasteiger partial charge < -0.3 is 5.73 Å². The molecule has 3 atom stereocenters. The lowest BCUT2D eigenvalue weighted by Gasteiger charge is -2.43. The number of nitrogens with zero attached hydrogens (tertiary/aromatic N) is 1. The van der Waals surface area contributed by atoms with E-state index >= 15 is 0 Å². The molecule has 0 aromatic carbocycles. The van der Waals surface area contributed by atoms with Crippen molar-refractivity contribution in [3.63, 3.8) is 0 Å². The molecule has 114 valence electrons. The number of amides is 1. The summed E-state index contributed by atoms with van der Waals surface area (Å²) in [5.41, 5.74) is 5.39. The van der Waals surface area contributed by atoms with Gasteiger partial charge in [0.15, 0.2) is 0 Å². The number of nitrogens with one attached hydrogen (secondary N) is 1. The second-order valence-electron chi connectivity index (χ2n) is 7.49. The van der Waals surface area contributed by atoms with E-state index in [9.17, 15) is 4.79 Å². The Balaban J connectivity index is 1.75. The summed E-state index contributed by atoms with van der Waals surface area (Å²) in [5, 5.41) is 3.63. The molecule has 2 aliphatic carbocycles. The van der Waals surface area contributed by atoms with Gasteiger partial charge in [-0.25, -0.2) is 0 Å². The van der Waals surface area contributed by atoms with Gasteiger partial charge in [-0.1, -0.05) is 6.92 Å². The SMILES string of the molecule is CC1CCC(C)N(CC(NC2CC2)(C(N)=O)C2CC2)C1. The Bertz CT molecular complexity index is 378. The third-order valence-electron chi connectivity index (χ3n) is 5.45. The maximum atomic E-state index is 12.3. The van der Waals surface area contributed by atoms with Crippen molar-refractivity contribution < 1.29 is 4.79 Å². The van der Waals surface area contributed by atoms with Crippen LogP contribution < -0.4 is 11.1 Å². The molecule has 0 aromatic rings. The van der Waals surface area contributed by atoms with Crippen molar-refractivity contribution in [2.24, 2.45) is 17.6 Å². The number of likely N-dealkylation sites (tertiary alicyclic amines) is 1. The lowest BCUT2D eigenvalue weighted by molar-refractivity contribution is -0.127. The van der Waals surface area contributed by atoms with Crippen LogP contribution in [0.5, 0.6) is 0 Å². The van der Waals surface area contributed by atoms with Gasteiger partial charge in [0.25, 0.3) is 0 Å². The van der Waals surface area contributed by atoms with E-state index in [-0.39, 0.29) is 5.91 Å². The Morgan fingerprint density at radius 3 is 2.45 bits per heavy atom. The molecule has 0 aromatic heterocycles. The minimum atomic E-state index is -0.466. The summed E-state index contributed by atoms with van der Waals surface area (Å²) in [5.74, 6) is 1.07. The van der Waals surface area contributed by atoms with E-state index < -0.39 is 5.54 Å². The number of hydrogen-bond acceptors (Lipinski definition) is 3. The average molecular weight is 279 g/mol. The van der Waals surface area contributed by atoms with E-state index in [1.54, 1.807) is 0 Å². The molecule has 3 fully saturated rings. The minimum Gasteiger partial charge on any atom is -0.368 e. The Hall–Kier alpha value is -0.610. The number of carbonyl (C=O) groups excluding carboxylic acids is 1. The van der Waals surface area contributed by atoms with Crippen LogP contribution in [-0.4, -0.2) is 41.5 Å². The van der Waals surface area contributed by atoms with Gasteiger partial charge in [-0.3, -0.25) is 15.0 Å². The van der Waals surface area contributed by atoms with Gasteiger partial charge in [0.1, 0.15) is 5.54 Å². The predicted octanol–water partition coefficient (Wildman–Crippen LogP) is 1.49. The fourth-order valence-electron chi connectivity index (χ4n) is 3.73. The van der Waals surface area contributed by atoms with Crippen LogP contribution in [0.2, 0.25) is 0 Å². The smallest absolute Gasteiger partial charge is 0.239 e. The monoisotopic (exact) mass is 279 g/mol. The first kappa shape index (κ1) is 14.3. The summed E-state index contributed by atoms with van der Waals surface area (Å²) in [6.45, 7) is 6.53. The maximum absolute atomic E-state index is 12.3. The molecule has 3 unspecified atom stereocenters. The van der Waals surface area contributed by atoms with Crippen LogP contribution in [0.3, 0.4) is 0 Å². The summed E-state index contributed by atoms with van der Waals surface area (Å²) in [4.78, 5) is 14.8. The summed E-state index contributed by atoms with van der Waals surface area (Å²) < 4.78 is 0. The van der Waals surface area contributed by atoms with Crippen LogP contribution in [0.4, 0.5) is 0 Å². The van der Waals surface area contributed by atoms with Crippen LogP contribution in [0.25, 0.3) is 0 Å². The molecular formula is C16H29N3O. The van der Waals surface area contributed by atoms with E-state index in [1.807, 2.05) is 0 Å². The van der Waals surface area contributed by atoms with Crippen LogP contribution in [0.15, 0.2) is 0 Å². The molecule has 0 spiro atoms. The van der Waals surface area contributed by atoms with Crippen molar-refractivity contribution in [2.45, 2.75) is 70.0 Å². The highest BCUT2D eigenvalue weighted by atomic mass is 16.1. The zero-order valence-electron chi connectivity index (χ0n) is 12.9. The highest BCUT2D eigenvalue weighted by Crippen LogP contribution is 2.42. The molecule has 4 heteroatoms. The minimum absolute atomic E-state index is 0.127. The van der Waals surface area contributed by atoms with Gasteiger partial charge in [-0.2, -0.15) is 0 Å². The average Bonchev–Trinajstić information content (AvgIpc) is 3.25. The van der Waals surface area contributed by atoms with E-state index in [4.69, 9.17) is 5.73 Å². The first-order chi connectivity index (χ1) is 9.51. The third kappa shape index (κ3) is 2.86. The molecule has 3 rings (SSSR count). The van der Waals surface area contributed by atoms with Crippen LogP contribution >= 0.6 is 0 Å². The molecule has 1 heterocycles.